The molecule has 2 N–H and O–H groups in total. The lowest BCUT2D eigenvalue weighted by molar-refractivity contribution is 0.0922. The number of hydrogen-bond acceptors (Lipinski definition) is 6. The highest BCUT2D eigenvalue weighted by Crippen LogP contribution is 2.38. The van der Waals surface area contributed by atoms with Gasteiger partial charge in [-0.15, -0.1) is 0 Å². The molecule has 3 saturated heterocycles. The molecule has 8 nitrogen and oxygen atoms in total. The number of rotatable bonds is 6. The fourth-order valence-electron chi connectivity index (χ4n) is 6.01. The molecule has 35 heavy (non-hydrogen) atoms. The van der Waals surface area contributed by atoms with Gasteiger partial charge in [0.1, 0.15) is 11.6 Å². The topological polar surface area (TPSA) is 86.8 Å². The number of likely N-dealkylation sites (N-methyl/N-ethyl adjacent to an activating group) is 1. The van der Waals surface area contributed by atoms with Crippen molar-refractivity contribution in [2.45, 2.75) is 63.2 Å². The van der Waals surface area contributed by atoms with Gasteiger partial charge in [-0.3, -0.25) is 9.59 Å². The lowest BCUT2D eigenvalue weighted by atomic mass is 9.96. The Kier molecular flexibility index (Phi) is 6.65. The van der Waals surface area contributed by atoms with Gasteiger partial charge >= 0.3 is 0 Å². The summed E-state index contributed by atoms with van der Waals surface area (Å²) in [4.78, 5) is 34.9. The molecule has 3 aliphatic rings. The largest absolute Gasteiger partial charge is 0.496 e. The molecular formula is C27H35N5O3. The number of likely N-dealkylation sites (tertiary alicyclic amines) is 1. The van der Waals surface area contributed by atoms with E-state index in [2.05, 4.69) is 32.5 Å². The summed E-state index contributed by atoms with van der Waals surface area (Å²) in [5.74, 6) is 1.55. The van der Waals surface area contributed by atoms with Crippen LogP contribution in [0.3, 0.4) is 0 Å². The Morgan fingerprint density at radius 2 is 1.74 bits per heavy atom. The zero-order chi connectivity index (χ0) is 24.5. The van der Waals surface area contributed by atoms with Crippen molar-refractivity contribution in [3.63, 3.8) is 0 Å². The summed E-state index contributed by atoms with van der Waals surface area (Å²) in [5.41, 5.74) is 2.13. The van der Waals surface area contributed by atoms with E-state index in [1.165, 1.54) is 0 Å². The monoisotopic (exact) mass is 477 g/mol. The van der Waals surface area contributed by atoms with Crippen LogP contribution in [-0.2, 0) is 0 Å². The smallest absolute Gasteiger partial charge is 0.253 e. The molecule has 5 rings (SSSR count). The highest BCUT2D eigenvalue weighted by atomic mass is 16.5. The van der Waals surface area contributed by atoms with Crippen molar-refractivity contribution in [2.24, 2.45) is 0 Å². The number of hydrogen-bond donors (Lipinski definition) is 2. The lowest BCUT2D eigenvalue weighted by Crippen LogP contribution is -2.50. The standard InChI is InChI=1S/C27H35N5O3/c1-17-23(5-4-6-24(17)35-3)27(34)30-20-13-21-8-9-22(14-20)32(21)25-10-7-18(15-28-25)26(33)29-19-11-12-31(2)16-19/h4-7,10,15,19-22H,8-9,11-14,16H2,1-3H3,(H,29,33)(H,30,34)/t19-,20-,21+,22-/m0/s1. The van der Waals surface area contributed by atoms with Crippen molar-refractivity contribution in [3.05, 3.63) is 53.2 Å². The maximum absolute atomic E-state index is 13.0. The number of nitrogens with zero attached hydrogens (tertiary/aromatic N) is 3. The van der Waals surface area contributed by atoms with Gasteiger partial charge in [0.2, 0.25) is 0 Å². The number of anilines is 1. The molecule has 0 radical (unpaired) electrons. The van der Waals surface area contributed by atoms with Gasteiger partial charge in [0, 0.05) is 48.0 Å². The average molecular weight is 478 g/mol. The Labute approximate surface area is 207 Å². The summed E-state index contributed by atoms with van der Waals surface area (Å²) < 4.78 is 5.37. The second-order valence-electron chi connectivity index (χ2n) is 10.2. The van der Waals surface area contributed by atoms with Crippen LogP contribution in [0.25, 0.3) is 0 Å². The number of carbonyl (C=O) groups is 2. The van der Waals surface area contributed by atoms with Crippen LogP contribution in [0, 0.1) is 6.92 Å². The summed E-state index contributed by atoms with van der Waals surface area (Å²) in [7, 11) is 3.70. The molecule has 1 aromatic carbocycles. The maximum atomic E-state index is 13.0. The Bertz CT molecular complexity index is 1070. The Morgan fingerprint density at radius 1 is 1.00 bits per heavy atom. The number of carbonyl (C=O) groups excluding carboxylic acids is 2. The molecule has 3 fully saturated rings. The molecule has 4 heterocycles. The second-order valence-corrected chi connectivity index (χ2v) is 10.2. The molecule has 3 aliphatic heterocycles. The third-order valence-corrected chi connectivity index (χ3v) is 7.82. The first-order chi connectivity index (χ1) is 16.9. The van der Waals surface area contributed by atoms with Crippen molar-refractivity contribution in [1.29, 1.82) is 0 Å². The zero-order valence-corrected chi connectivity index (χ0v) is 20.8. The summed E-state index contributed by atoms with van der Waals surface area (Å²) in [5, 5.41) is 6.38. The van der Waals surface area contributed by atoms with Gasteiger partial charge in [-0.2, -0.15) is 0 Å². The molecule has 186 valence electrons. The molecule has 2 bridgehead atoms. The summed E-state index contributed by atoms with van der Waals surface area (Å²) >= 11 is 0. The fourth-order valence-corrected chi connectivity index (χ4v) is 6.01. The third kappa shape index (κ3) is 4.85. The third-order valence-electron chi connectivity index (χ3n) is 7.82. The summed E-state index contributed by atoms with van der Waals surface area (Å²) in [6, 6.07) is 10.5. The van der Waals surface area contributed by atoms with Crippen LogP contribution >= 0.6 is 0 Å². The van der Waals surface area contributed by atoms with Gasteiger partial charge in [-0.05, 0) is 76.9 Å². The van der Waals surface area contributed by atoms with Crippen LogP contribution in [0.5, 0.6) is 5.75 Å². The number of ether oxygens (including phenoxy) is 1. The fraction of sp³-hybridized carbons (Fsp3) is 0.519. The number of nitrogens with one attached hydrogen (secondary N) is 2. The minimum atomic E-state index is -0.0541. The van der Waals surface area contributed by atoms with E-state index in [1.807, 2.05) is 37.3 Å². The highest BCUT2D eigenvalue weighted by molar-refractivity contribution is 5.96. The highest BCUT2D eigenvalue weighted by Gasteiger charge is 2.42. The Morgan fingerprint density at radius 3 is 2.37 bits per heavy atom. The molecule has 0 unspecified atom stereocenters. The number of fused-ring (bicyclic) bond motifs is 2. The van der Waals surface area contributed by atoms with Crippen molar-refractivity contribution in [3.8, 4) is 5.75 Å². The van der Waals surface area contributed by atoms with E-state index < -0.39 is 0 Å². The van der Waals surface area contributed by atoms with E-state index in [1.54, 1.807) is 13.3 Å². The van der Waals surface area contributed by atoms with Crippen LogP contribution < -0.4 is 20.3 Å². The first-order valence-corrected chi connectivity index (χ1v) is 12.6. The van der Waals surface area contributed by atoms with Crippen LogP contribution in [0.15, 0.2) is 36.5 Å². The summed E-state index contributed by atoms with van der Waals surface area (Å²) in [6.07, 6.45) is 6.65. The molecule has 4 atom stereocenters. The van der Waals surface area contributed by atoms with Crippen molar-refractivity contribution in [1.82, 2.24) is 20.5 Å². The predicted molar refractivity (Wildman–Crippen MR) is 135 cm³/mol. The minimum absolute atomic E-state index is 0.0406. The normalized spacial score (nSPS) is 26.0. The van der Waals surface area contributed by atoms with E-state index in [0.29, 0.717) is 23.2 Å². The second kappa shape index (κ2) is 9.85. The number of pyridine rings is 1. The van der Waals surface area contributed by atoms with E-state index in [-0.39, 0.29) is 23.9 Å². The minimum Gasteiger partial charge on any atom is -0.496 e. The molecule has 2 aromatic rings. The SMILES string of the molecule is COc1cccc(C(=O)N[C@H]2C[C@H]3CC[C@@H](C2)N3c2ccc(C(=O)N[C@H]3CCN(C)C3)cn2)c1C. The van der Waals surface area contributed by atoms with Crippen molar-refractivity contribution >= 4 is 17.6 Å². The molecule has 2 amide bonds. The number of aromatic nitrogens is 1. The van der Waals surface area contributed by atoms with Crippen molar-refractivity contribution in [2.75, 3.05) is 32.1 Å². The van der Waals surface area contributed by atoms with Gasteiger partial charge < -0.3 is 25.2 Å². The van der Waals surface area contributed by atoms with E-state index >= 15 is 0 Å². The quantitative estimate of drug-likeness (QED) is 0.666. The number of piperidine rings is 1. The predicted octanol–water partition coefficient (Wildman–Crippen LogP) is 2.76. The number of methoxy groups -OCH3 is 1. The number of amides is 2. The molecule has 8 heteroatoms. The van der Waals surface area contributed by atoms with Gasteiger partial charge in [0.25, 0.3) is 11.8 Å². The molecular weight excluding hydrogens is 442 g/mol. The van der Waals surface area contributed by atoms with Gasteiger partial charge in [-0.25, -0.2) is 4.98 Å². The molecule has 0 saturated carbocycles. The van der Waals surface area contributed by atoms with E-state index in [4.69, 9.17) is 4.74 Å². The molecule has 1 aromatic heterocycles. The van der Waals surface area contributed by atoms with Crippen LogP contribution in [0.2, 0.25) is 0 Å². The van der Waals surface area contributed by atoms with Gasteiger partial charge in [0.15, 0.2) is 0 Å². The van der Waals surface area contributed by atoms with E-state index in [9.17, 15) is 9.59 Å². The van der Waals surface area contributed by atoms with Crippen LogP contribution in [0.1, 0.15) is 58.4 Å². The first-order valence-electron chi connectivity index (χ1n) is 12.6. The van der Waals surface area contributed by atoms with Gasteiger partial charge in [0.05, 0.1) is 12.7 Å². The lowest BCUT2D eigenvalue weighted by Gasteiger charge is -2.40. The number of benzene rings is 1. The average Bonchev–Trinajstić information content (AvgIpc) is 3.38. The first kappa shape index (κ1) is 23.6. The Balaban J connectivity index is 1.21. The van der Waals surface area contributed by atoms with Crippen LogP contribution in [0.4, 0.5) is 5.82 Å². The van der Waals surface area contributed by atoms with Crippen molar-refractivity contribution < 1.29 is 14.3 Å². The van der Waals surface area contributed by atoms with Gasteiger partial charge in [-0.1, -0.05) is 6.07 Å². The summed E-state index contributed by atoms with van der Waals surface area (Å²) in [6.45, 7) is 3.83. The molecule has 0 spiro atoms. The Hall–Kier alpha value is -3.13. The maximum Gasteiger partial charge on any atom is 0.253 e. The van der Waals surface area contributed by atoms with Crippen LogP contribution in [-0.4, -0.2) is 73.1 Å². The molecule has 0 aliphatic carbocycles. The zero-order valence-electron chi connectivity index (χ0n) is 20.8. The van der Waals surface area contributed by atoms with E-state index in [0.717, 1.165) is 62.3 Å².